The number of amides is 1. The van der Waals surface area contributed by atoms with Gasteiger partial charge in [-0.15, -0.1) is 0 Å². The molecule has 4 rings (SSSR count). The Kier molecular flexibility index (Phi) is 6.45. The van der Waals surface area contributed by atoms with Crippen molar-refractivity contribution < 1.29 is 19.5 Å². The van der Waals surface area contributed by atoms with Gasteiger partial charge in [0.1, 0.15) is 5.92 Å². The van der Waals surface area contributed by atoms with Crippen molar-refractivity contribution in [2.75, 3.05) is 12.8 Å². The van der Waals surface area contributed by atoms with Crippen molar-refractivity contribution in [1.29, 1.82) is 0 Å². The number of carbonyl (C=O) groups is 3. The number of likely N-dealkylation sites (N-methyl/N-ethyl adjacent to an activating group) is 1. The second-order valence-electron chi connectivity index (χ2n) is 8.20. The molecule has 3 aromatic carbocycles. The maximum Gasteiger partial charge on any atom is 0.318 e. The van der Waals surface area contributed by atoms with Crippen molar-refractivity contribution in [2.45, 2.75) is 18.4 Å². The third-order valence-electron chi connectivity index (χ3n) is 6.03. The highest BCUT2D eigenvalue weighted by atomic mass is 16.4. The van der Waals surface area contributed by atoms with Gasteiger partial charge in [0.2, 0.25) is 0 Å². The Balaban J connectivity index is 1.75. The normalized spacial score (nSPS) is 12.7. The molecule has 0 aliphatic heterocycles. The fraction of sp³-hybridized carbons (Fsp3) is 0.148. The van der Waals surface area contributed by atoms with Gasteiger partial charge in [0.25, 0.3) is 5.91 Å². The Labute approximate surface area is 196 Å². The molecule has 0 aliphatic carbocycles. The molecule has 2 atom stereocenters. The lowest BCUT2D eigenvalue weighted by Crippen LogP contribution is -2.47. The van der Waals surface area contributed by atoms with Gasteiger partial charge in [-0.25, -0.2) is 0 Å². The summed E-state index contributed by atoms with van der Waals surface area (Å²) in [5.41, 5.74) is 8.66. The number of aromatic nitrogens is 1. The van der Waals surface area contributed by atoms with Crippen LogP contribution in [0.5, 0.6) is 0 Å². The van der Waals surface area contributed by atoms with Crippen LogP contribution in [0.4, 0.5) is 5.69 Å². The maximum absolute atomic E-state index is 13.8. The van der Waals surface area contributed by atoms with E-state index >= 15 is 0 Å². The van der Waals surface area contributed by atoms with Gasteiger partial charge in [0.05, 0.1) is 6.04 Å². The van der Waals surface area contributed by atoms with Crippen LogP contribution in [0.25, 0.3) is 10.9 Å². The fourth-order valence-corrected chi connectivity index (χ4v) is 4.17. The molecule has 0 saturated carbocycles. The summed E-state index contributed by atoms with van der Waals surface area (Å²) in [6, 6.07) is 21.4. The van der Waals surface area contributed by atoms with E-state index in [9.17, 15) is 19.5 Å². The molecular formula is C27H25N3O4. The molecule has 1 aromatic heterocycles. The Morgan fingerprint density at radius 1 is 0.941 bits per heavy atom. The van der Waals surface area contributed by atoms with E-state index in [0.717, 1.165) is 16.5 Å². The summed E-state index contributed by atoms with van der Waals surface area (Å²) in [6.07, 6.45) is 1.96. The molecule has 0 saturated heterocycles. The Bertz CT molecular complexity index is 1330. The number of anilines is 1. The summed E-state index contributed by atoms with van der Waals surface area (Å²) in [4.78, 5) is 43.8. The fourth-order valence-electron chi connectivity index (χ4n) is 4.17. The summed E-state index contributed by atoms with van der Waals surface area (Å²) in [6.45, 7) is 0. The predicted molar refractivity (Wildman–Crippen MR) is 131 cm³/mol. The number of benzene rings is 3. The first-order valence-electron chi connectivity index (χ1n) is 10.9. The number of hydrogen-bond acceptors (Lipinski definition) is 4. The molecule has 4 N–H and O–H groups in total. The van der Waals surface area contributed by atoms with E-state index in [2.05, 4.69) is 4.98 Å². The molecule has 1 heterocycles. The molecule has 34 heavy (non-hydrogen) atoms. The Hall–Kier alpha value is -4.39. The zero-order chi connectivity index (χ0) is 24.2. The van der Waals surface area contributed by atoms with E-state index in [1.165, 1.54) is 24.1 Å². The van der Waals surface area contributed by atoms with E-state index in [-0.39, 0.29) is 12.3 Å². The number of hydrogen-bond donors (Lipinski definition) is 3. The smallest absolute Gasteiger partial charge is 0.318 e. The number of Topliss-reactive ketones (excluding diaryl/α,β-unsaturated/α-hetero) is 1. The molecule has 172 valence electrons. The number of aromatic amines is 1. The van der Waals surface area contributed by atoms with Gasteiger partial charge in [-0.2, -0.15) is 0 Å². The van der Waals surface area contributed by atoms with Crippen molar-refractivity contribution in [3.8, 4) is 0 Å². The van der Waals surface area contributed by atoms with Crippen LogP contribution in [0.3, 0.4) is 0 Å². The van der Waals surface area contributed by atoms with Gasteiger partial charge < -0.3 is 20.7 Å². The van der Waals surface area contributed by atoms with E-state index in [1.54, 1.807) is 48.7 Å². The lowest BCUT2D eigenvalue weighted by molar-refractivity contribution is -0.143. The summed E-state index contributed by atoms with van der Waals surface area (Å²) < 4.78 is 0. The van der Waals surface area contributed by atoms with Crippen LogP contribution in [0.2, 0.25) is 0 Å². The predicted octanol–water partition coefficient (Wildman–Crippen LogP) is 3.87. The summed E-state index contributed by atoms with van der Waals surface area (Å²) in [7, 11) is 1.54. The van der Waals surface area contributed by atoms with Crippen LogP contribution in [0.1, 0.15) is 27.4 Å². The Morgan fingerprint density at radius 3 is 2.26 bits per heavy atom. The lowest BCUT2D eigenvalue weighted by Gasteiger charge is -2.29. The molecule has 1 unspecified atom stereocenters. The minimum Gasteiger partial charge on any atom is -0.480 e. The molecule has 0 bridgehead atoms. The average Bonchev–Trinajstić information content (AvgIpc) is 3.26. The summed E-state index contributed by atoms with van der Waals surface area (Å²) >= 11 is 0. The number of nitrogens with zero attached hydrogens (tertiary/aromatic N) is 1. The zero-order valence-electron chi connectivity index (χ0n) is 18.6. The number of carboxylic acid groups (broad SMARTS) is 1. The molecule has 0 spiro atoms. The minimum atomic E-state index is -1.44. The third-order valence-corrected chi connectivity index (χ3v) is 6.03. The molecule has 7 heteroatoms. The molecule has 4 aromatic rings. The van der Waals surface area contributed by atoms with Crippen LogP contribution in [0.15, 0.2) is 85.1 Å². The van der Waals surface area contributed by atoms with Gasteiger partial charge in [0, 0.05) is 41.8 Å². The van der Waals surface area contributed by atoms with Gasteiger partial charge in [-0.05, 0) is 41.5 Å². The number of rotatable bonds is 8. The largest absolute Gasteiger partial charge is 0.480 e. The van der Waals surface area contributed by atoms with Crippen LogP contribution >= 0.6 is 0 Å². The van der Waals surface area contributed by atoms with E-state index in [0.29, 0.717) is 16.8 Å². The third kappa shape index (κ3) is 4.54. The highest BCUT2D eigenvalue weighted by Crippen LogP contribution is 2.27. The van der Waals surface area contributed by atoms with Gasteiger partial charge >= 0.3 is 5.97 Å². The van der Waals surface area contributed by atoms with Crippen molar-refractivity contribution in [3.05, 3.63) is 102 Å². The Morgan fingerprint density at radius 2 is 1.59 bits per heavy atom. The summed E-state index contributed by atoms with van der Waals surface area (Å²) in [5, 5.41) is 10.9. The molecule has 0 aliphatic rings. The number of nitrogens with two attached hydrogens (primary N) is 1. The molecule has 7 nitrogen and oxygen atoms in total. The minimum absolute atomic E-state index is 0.163. The maximum atomic E-state index is 13.8. The SMILES string of the molecule is CN(C(=O)c1ccccc1)[C@@H](Cc1c[nH]c2ccccc12)C(=O)C(C(=O)O)c1ccc(N)cc1. The molecule has 1 amide bonds. The number of carbonyl (C=O) groups excluding carboxylic acids is 2. The number of nitrogen functional groups attached to an aromatic ring is 1. The number of carboxylic acids is 1. The van der Waals surface area contributed by atoms with Crippen molar-refractivity contribution in [1.82, 2.24) is 9.88 Å². The average molecular weight is 456 g/mol. The number of aliphatic carboxylic acids is 1. The topological polar surface area (TPSA) is 116 Å². The first-order chi connectivity index (χ1) is 16.4. The first-order valence-corrected chi connectivity index (χ1v) is 10.9. The molecule has 0 radical (unpaired) electrons. The van der Waals surface area contributed by atoms with Crippen LogP contribution in [-0.2, 0) is 16.0 Å². The standard InChI is InChI=1S/C27H25N3O4/c1-30(26(32)18-7-3-2-4-8-18)23(15-19-16-29-22-10-6-5-9-21(19)22)25(31)24(27(33)34)17-11-13-20(28)14-12-17/h2-14,16,23-24,29H,15,28H2,1H3,(H,33,34)/t23-,24?/m0/s1. The van der Waals surface area contributed by atoms with E-state index in [4.69, 9.17) is 5.73 Å². The van der Waals surface area contributed by atoms with Crippen LogP contribution in [-0.4, -0.2) is 45.7 Å². The first kappa shape index (κ1) is 22.8. The number of nitrogens with one attached hydrogen (secondary N) is 1. The van der Waals surface area contributed by atoms with E-state index < -0.39 is 23.7 Å². The summed E-state index contributed by atoms with van der Waals surface area (Å²) in [5.74, 6) is -3.66. The quantitative estimate of drug-likeness (QED) is 0.275. The highest BCUT2D eigenvalue weighted by Gasteiger charge is 2.38. The lowest BCUT2D eigenvalue weighted by atomic mass is 9.87. The van der Waals surface area contributed by atoms with Gasteiger partial charge in [-0.1, -0.05) is 48.5 Å². The number of fused-ring (bicyclic) bond motifs is 1. The number of ketones is 1. The zero-order valence-corrected chi connectivity index (χ0v) is 18.6. The second kappa shape index (κ2) is 9.62. The highest BCUT2D eigenvalue weighted by molar-refractivity contribution is 6.08. The van der Waals surface area contributed by atoms with Gasteiger partial charge in [0.15, 0.2) is 5.78 Å². The van der Waals surface area contributed by atoms with Crippen molar-refractivity contribution >= 4 is 34.3 Å². The number of para-hydroxylation sites is 1. The molecule has 0 fully saturated rings. The van der Waals surface area contributed by atoms with Crippen LogP contribution < -0.4 is 5.73 Å². The van der Waals surface area contributed by atoms with E-state index in [1.807, 2.05) is 24.3 Å². The van der Waals surface area contributed by atoms with Crippen LogP contribution in [0, 0.1) is 0 Å². The number of H-pyrrole nitrogens is 1. The molecular weight excluding hydrogens is 430 g/mol. The monoisotopic (exact) mass is 455 g/mol. The van der Waals surface area contributed by atoms with Crippen molar-refractivity contribution in [3.63, 3.8) is 0 Å². The van der Waals surface area contributed by atoms with Crippen molar-refractivity contribution in [2.24, 2.45) is 0 Å². The second-order valence-corrected chi connectivity index (χ2v) is 8.20. The van der Waals surface area contributed by atoms with Gasteiger partial charge in [-0.3, -0.25) is 14.4 Å².